The van der Waals surface area contributed by atoms with Crippen LogP contribution < -0.4 is 4.74 Å². The first-order chi connectivity index (χ1) is 13.7. The predicted octanol–water partition coefficient (Wildman–Crippen LogP) is 4.15. The number of aromatic nitrogens is 1. The van der Waals surface area contributed by atoms with Gasteiger partial charge in [0.05, 0.1) is 24.8 Å². The zero-order chi connectivity index (χ0) is 21.2. The summed E-state index contributed by atoms with van der Waals surface area (Å²) in [6, 6.07) is 5.29. The molecule has 3 rings (SSSR count). The summed E-state index contributed by atoms with van der Waals surface area (Å²) in [4.78, 5) is 31.4. The summed E-state index contributed by atoms with van der Waals surface area (Å²) in [5.41, 5.74) is 0.553. The van der Waals surface area contributed by atoms with Crippen LogP contribution in [0.4, 0.5) is 4.79 Å². The summed E-state index contributed by atoms with van der Waals surface area (Å²) in [5, 5.41) is 0.711. The normalized spacial score (nSPS) is 14.3. The Morgan fingerprint density at radius 2 is 2.00 bits per heavy atom. The van der Waals surface area contributed by atoms with Crippen molar-refractivity contribution in [3.63, 3.8) is 0 Å². The second-order valence-electron chi connectivity index (χ2n) is 8.01. The van der Waals surface area contributed by atoms with E-state index in [1.54, 1.807) is 23.2 Å². The van der Waals surface area contributed by atoms with Crippen molar-refractivity contribution in [3.8, 4) is 16.3 Å². The molecule has 156 valence electrons. The first-order valence-corrected chi connectivity index (χ1v) is 10.2. The monoisotopic (exact) mass is 418 g/mol. The molecule has 0 bridgehead atoms. The van der Waals surface area contributed by atoms with Crippen LogP contribution in [-0.2, 0) is 9.47 Å². The van der Waals surface area contributed by atoms with Gasteiger partial charge in [0.2, 0.25) is 0 Å². The maximum Gasteiger partial charge on any atom is 0.410 e. The predicted molar refractivity (Wildman–Crippen MR) is 110 cm³/mol. The minimum Gasteiger partial charge on any atom is -0.492 e. The van der Waals surface area contributed by atoms with E-state index in [9.17, 15) is 9.59 Å². The quantitative estimate of drug-likeness (QED) is 0.679. The molecule has 1 aromatic carbocycles. The Hall–Kier alpha value is -2.61. The van der Waals surface area contributed by atoms with Gasteiger partial charge in [0.1, 0.15) is 16.4 Å². The summed E-state index contributed by atoms with van der Waals surface area (Å²) in [6.45, 7) is 9.10. The van der Waals surface area contributed by atoms with Crippen LogP contribution in [0.1, 0.15) is 36.0 Å². The summed E-state index contributed by atoms with van der Waals surface area (Å²) < 4.78 is 16.3. The van der Waals surface area contributed by atoms with Gasteiger partial charge in [-0.25, -0.2) is 14.6 Å². The van der Waals surface area contributed by atoms with Crippen molar-refractivity contribution in [1.29, 1.82) is 0 Å². The molecule has 2 aromatic rings. The number of benzene rings is 1. The average molecular weight is 419 g/mol. The molecular weight excluding hydrogens is 392 g/mol. The number of ether oxygens (including phenoxy) is 3. The number of methoxy groups -OCH3 is 1. The van der Waals surface area contributed by atoms with Crippen molar-refractivity contribution < 1.29 is 23.8 Å². The maximum absolute atomic E-state index is 12.2. The number of likely N-dealkylation sites (tertiary alicyclic amines) is 1. The highest BCUT2D eigenvalue weighted by Gasteiger charge is 2.34. The average Bonchev–Trinajstić information content (AvgIpc) is 3.03. The molecule has 0 saturated carbocycles. The number of hydrogen-bond acceptors (Lipinski definition) is 7. The molecule has 29 heavy (non-hydrogen) atoms. The number of carbonyl (C=O) groups is 2. The Morgan fingerprint density at radius 1 is 1.28 bits per heavy atom. The number of carbonyl (C=O) groups excluding carboxylic acids is 2. The van der Waals surface area contributed by atoms with Gasteiger partial charge in [0, 0.05) is 30.1 Å². The van der Waals surface area contributed by atoms with E-state index in [-0.39, 0.29) is 12.0 Å². The summed E-state index contributed by atoms with van der Waals surface area (Å²) in [5.74, 6) is 0.353. The second-order valence-corrected chi connectivity index (χ2v) is 9.24. The van der Waals surface area contributed by atoms with Crippen molar-refractivity contribution in [3.05, 3.63) is 34.8 Å². The Morgan fingerprint density at radius 3 is 2.59 bits per heavy atom. The largest absolute Gasteiger partial charge is 0.492 e. The molecular formula is C21H26N2O5S. The fourth-order valence-electron chi connectivity index (χ4n) is 2.98. The highest BCUT2D eigenvalue weighted by molar-refractivity contribution is 7.15. The number of esters is 1. The molecule has 8 heteroatoms. The third kappa shape index (κ3) is 5.06. The number of nitrogens with zero attached hydrogens (tertiary/aromatic N) is 2. The van der Waals surface area contributed by atoms with Gasteiger partial charge in [-0.15, -0.1) is 11.3 Å². The van der Waals surface area contributed by atoms with Gasteiger partial charge in [-0.05, 0) is 39.8 Å². The number of aryl methyl sites for hydroxylation is 1. The lowest BCUT2D eigenvalue weighted by Crippen LogP contribution is -2.53. The summed E-state index contributed by atoms with van der Waals surface area (Å²) >= 11 is 1.49. The van der Waals surface area contributed by atoms with Crippen LogP contribution in [0.25, 0.3) is 10.6 Å². The van der Waals surface area contributed by atoms with Crippen molar-refractivity contribution in [1.82, 2.24) is 9.88 Å². The Kier molecular flexibility index (Phi) is 6.12. The SMILES string of the molecule is COC(=O)c1cccc(OCC2CN(C(=O)OC(C)(C)C)C2)c1-c1ncc(C)s1. The number of thiazole rings is 1. The minimum atomic E-state index is -0.506. The van der Waals surface area contributed by atoms with E-state index in [0.29, 0.717) is 41.6 Å². The molecule has 2 heterocycles. The van der Waals surface area contributed by atoms with Gasteiger partial charge in [0.15, 0.2) is 0 Å². The third-order valence-corrected chi connectivity index (χ3v) is 5.28. The van der Waals surface area contributed by atoms with Crippen LogP contribution in [0.5, 0.6) is 5.75 Å². The Balaban J connectivity index is 1.69. The lowest BCUT2D eigenvalue weighted by atomic mass is 10.0. The summed E-state index contributed by atoms with van der Waals surface area (Å²) in [6.07, 6.45) is 1.46. The molecule has 0 spiro atoms. The molecule has 1 saturated heterocycles. The second kappa shape index (κ2) is 8.41. The molecule has 1 aliphatic rings. The number of amides is 1. The lowest BCUT2D eigenvalue weighted by Gasteiger charge is -2.39. The Bertz CT molecular complexity index is 897. The highest BCUT2D eigenvalue weighted by atomic mass is 32.1. The molecule has 1 aromatic heterocycles. The molecule has 0 aliphatic carbocycles. The molecule has 1 fully saturated rings. The van der Waals surface area contributed by atoms with Crippen LogP contribution in [0.2, 0.25) is 0 Å². The van der Waals surface area contributed by atoms with Gasteiger partial charge in [-0.2, -0.15) is 0 Å². The fraction of sp³-hybridized carbons (Fsp3) is 0.476. The van der Waals surface area contributed by atoms with Crippen molar-refractivity contribution in [2.75, 3.05) is 26.8 Å². The van der Waals surface area contributed by atoms with E-state index in [0.717, 1.165) is 4.88 Å². The van der Waals surface area contributed by atoms with Crippen molar-refractivity contribution in [2.24, 2.45) is 5.92 Å². The van der Waals surface area contributed by atoms with Crippen LogP contribution in [0.15, 0.2) is 24.4 Å². The van der Waals surface area contributed by atoms with Crippen LogP contribution in [0, 0.1) is 12.8 Å². The fourth-order valence-corrected chi connectivity index (χ4v) is 3.81. The topological polar surface area (TPSA) is 78.0 Å². The standard InChI is InChI=1S/C21H26N2O5S/c1-13-9-22-18(29-13)17-15(19(24)26-5)7-6-8-16(17)27-12-14-10-23(11-14)20(25)28-21(2,3)4/h6-9,14H,10-12H2,1-5H3. The number of rotatable bonds is 5. The molecule has 7 nitrogen and oxygen atoms in total. The first-order valence-electron chi connectivity index (χ1n) is 9.43. The van der Waals surface area contributed by atoms with Crippen LogP contribution in [-0.4, -0.2) is 54.4 Å². The highest BCUT2D eigenvalue weighted by Crippen LogP contribution is 2.37. The zero-order valence-electron chi connectivity index (χ0n) is 17.4. The van der Waals surface area contributed by atoms with E-state index in [1.807, 2.05) is 33.8 Å². The molecule has 0 atom stereocenters. The zero-order valence-corrected chi connectivity index (χ0v) is 18.2. The molecule has 1 amide bonds. The van der Waals surface area contributed by atoms with E-state index in [2.05, 4.69) is 4.98 Å². The molecule has 0 radical (unpaired) electrons. The Labute approximate surface area is 174 Å². The molecule has 0 unspecified atom stereocenters. The van der Waals surface area contributed by atoms with E-state index >= 15 is 0 Å². The van der Waals surface area contributed by atoms with E-state index in [1.165, 1.54) is 18.4 Å². The van der Waals surface area contributed by atoms with Gasteiger partial charge in [-0.3, -0.25) is 0 Å². The third-order valence-electron chi connectivity index (χ3n) is 4.35. The van der Waals surface area contributed by atoms with Crippen LogP contribution in [0.3, 0.4) is 0 Å². The van der Waals surface area contributed by atoms with E-state index in [4.69, 9.17) is 14.2 Å². The minimum absolute atomic E-state index is 0.204. The van der Waals surface area contributed by atoms with Gasteiger partial charge < -0.3 is 19.1 Å². The van der Waals surface area contributed by atoms with Gasteiger partial charge in [0.25, 0.3) is 0 Å². The van der Waals surface area contributed by atoms with Gasteiger partial charge in [-0.1, -0.05) is 6.07 Å². The van der Waals surface area contributed by atoms with Crippen molar-refractivity contribution in [2.45, 2.75) is 33.3 Å². The first kappa shape index (κ1) is 21.1. The van der Waals surface area contributed by atoms with E-state index < -0.39 is 11.6 Å². The summed E-state index contributed by atoms with van der Waals surface area (Å²) in [7, 11) is 1.35. The van der Waals surface area contributed by atoms with Gasteiger partial charge >= 0.3 is 12.1 Å². The number of hydrogen-bond donors (Lipinski definition) is 0. The molecule has 0 N–H and O–H groups in total. The van der Waals surface area contributed by atoms with Crippen LogP contribution >= 0.6 is 11.3 Å². The molecule has 1 aliphatic heterocycles. The van der Waals surface area contributed by atoms with Crippen molar-refractivity contribution >= 4 is 23.4 Å². The smallest absolute Gasteiger partial charge is 0.410 e. The lowest BCUT2D eigenvalue weighted by molar-refractivity contribution is -0.00781. The maximum atomic E-state index is 12.2.